The molecular formula is C15H20ClNO3S. The average molecular weight is 330 g/mol. The standard InChI is InChI=1S/C15H20ClNO3S/c1-2-17(11-13-7-9-20-12-13)21(18,19)10-8-14-5-3-4-6-15(14)16/h3-6,8,10,13H,2,7,9,11-12H2,1H3/b10-8+/t13-/m0/s1. The Morgan fingerprint density at radius 1 is 1.43 bits per heavy atom. The van der Waals surface area contributed by atoms with E-state index in [-0.39, 0.29) is 5.92 Å². The molecule has 1 aromatic carbocycles. The summed E-state index contributed by atoms with van der Waals surface area (Å²) in [6.45, 7) is 4.16. The van der Waals surface area contributed by atoms with Crippen LogP contribution in [0.1, 0.15) is 18.9 Å². The van der Waals surface area contributed by atoms with Crippen LogP contribution in [0.4, 0.5) is 0 Å². The smallest absolute Gasteiger partial charge is 0.236 e. The number of benzene rings is 1. The van der Waals surface area contributed by atoms with Gasteiger partial charge in [-0.05, 0) is 30.0 Å². The van der Waals surface area contributed by atoms with E-state index in [9.17, 15) is 8.42 Å². The van der Waals surface area contributed by atoms with E-state index in [1.807, 2.05) is 19.1 Å². The van der Waals surface area contributed by atoms with Crippen LogP contribution in [0.5, 0.6) is 0 Å². The van der Waals surface area contributed by atoms with Crippen molar-refractivity contribution in [3.05, 3.63) is 40.3 Å². The maximum atomic E-state index is 12.4. The summed E-state index contributed by atoms with van der Waals surface area (Å²) in [6.07, 6.45) is 2.46. The fourth-order valence-corrected chi connectivity index (χ4v) is 3.75. The van der Waals surface area contributed by atoms with Crippen LogP contribution < -0.4 is 0 Å². The molecule has 0 bridgehead atoms. The molecule has 1 atom stereocenters. The summed E-state index contributed by atoms with van der Waals surface area (Å²) in [5.74, 6) is 0.286. The highest BCUT2D eigenvalue weighted by atomic mass is 35.5. The normalized spacial score (nSPS) is 19.7. The Morgan fingerprint density at radius 3 is 2.81 bits per heavy atom. The van der Waals surface area contributed by atoms with Crippen LogP contribution in [0.2, 0.25) is 5.02 Å². The van der Waals surface area contributed by atoms with E-state index < -0.39 is 10.0 Å². The number of ether oxygens (including phenoxy) is 1. The largest absolute Gasteiger partial charge is 0.381 e. The van der Waals surface area contributed by atoms with Crippen LogP contribution in [-0.4, -0.2) is 39.0 Å². The van der Waals surface area contributed by atoms with E-state index in [1.165, 1.54) is 9.71 Å². The van der Waals surface area contributed by atoms with Crippen LogP contribution in [0.25, 0.3) is 6.08 Å². The molecule has 1 saturated heterocycles. The van der Waals surface area contributed by atoms with Gasteiger partial charge in [-0.2, -0.15) is 4.31 Å². The van der Waals surface area contributed by atoms with Crippen molar-refractivity contribution in [1.82, 2.24) is 4.31 Å². The summed E-state index contributed by atoms with van der Waals surface area (Å²) in [4.78, 5) is 0. The molecule has 0 aromatic heterocycles. The molecule has 4 nitrogen and oxygen atoms in total. The van der Waals surface area contributed by atoms with E-state index in [0.29, 0.717) is 30.3 Å². The van der Waals surface area contributed by atoms with Gasteiger partial charge in [0.05, 0.1) is 6.61 Å². The van der Waals surface area contributed by atoms with Crippen LogP contribution in [0, 0.1) is 5.92 Å². The van der Waals surface area contributed by atoms with Crippen molar-refractivity contribution in [2.24, 2.45) is 5.92 Å². The SMILES string of the molecule is CCN(C[C@@H]1CCOC1)S(=O)(=O)/C=C/c1ccccc1Cl. The van der Waals surface area contributed by atoms with Gasteiger partial charge in [0.1, 0.15) is 0 Å². The number of hydrogen-bond donors (Lipinski definition) is 0. The van der Waals surface area contributed by atoms with Crippen molar-refractivity contribution in [3.8, 4) is 0 Å². The molecule has 0 unspecified atom stereocenters. The van der Waals surface area contributed by atoms with Crippen LogP contribution >= 0.6 is 11.6 Å². The van der Waals surface area contributed by atoms with Crippen LogP contribution in [0.15, 0.2) is 29.7 Å². The number of halogens is 1. The summed E-state index contributed by atoms with van der Waals surface area (Å²) >= 11 is 6.03. The molecule has 0 amide bonds. The molecule has 0 aliphatic carbocycles. The van der Waals surface area contributed by atoms with Crippen molar-refractivity contribution in [3.63, 3.8) is 0 Å². The fraction of sp³-hybridized carbons (Fsp3) is 0.467. The van der Waals surface area contributed by atoms with Crippen molar-refractivity contribution >= 4 is 27.7 Å². The summed E-state index contributed by atoms with van der Waals surface area (Å²) in [7, 11) is -3.44. The molecule has 6 heteroatoms. The minimum atomic E-state index is -3.44. The maximum Gasteiger partial charge on any atom is 0.236 e. The van der Waals surface area contributed by atoms with E-state index in [0.717, 1.165) is 13.0 Å². The highest BCUT2D eigenvalue weighted by Crippen LogP contribution is 2.19. The highest BCUT2D eigenvalue weighted by Gasteiger charge is 2.24. The monoisotopic (exact) mass is 329 g/mol. The molecule has 1 fully saturated rings. The lowest BCUT2D eigenvalue weighted by Crippen LogP contribution is -2.34. The molecule has 0 saturated carbocycles. The lowest BCUT2D eigenvalue weighted by Gasteiger charge is -2.21. The molecule has 0 radical (unpaired) electrons. The number of sulfonamides is 1. The van der Waals surface area contributed by atoms with Crippen molar-refractivity contribution in [2.75, 3.05) is 26.3 Å². The first-order chi connectivity index (χ1) is 10.0. The topological polar surface area (TPSA) is 46.6 Å². The van der Waals surface area contributed by atoms with Gasteiger partial charge in [-0.25, -0.2) is 8.42 Å². The van der Waals surface area contributed by atoms with Gasteiger partial charge in [0.2, 0.25) is 10.0 Å². The molecule has 21 heavy (non-hydrogen) atoms. The predicted molar refractivity (Wildman–Crippen MR) is 85.6 cm³/mol. The predicted octanol–water partition coefficient (Wildman–Crippen LogP) is 3.00. The third kappa shape index (κ3) is 4.54. The Kier molecular flexibility index (Phi) is 5.81. The first-order valence-electron chi connectivity index (χ1n) is 7.03. The fourth-order valence-electron chi connectivity index (χ4n) is 2.28. The first-order valence-corrected chi connectivity index (χ1v) is 8.91. The molecule has 116 valence electrons. The van der Waals surface area contributed by atoms with Gasteiger partial charge >= 0.3 is 0 Å². The van der Waals surface area contributed by atoms with E-state index in [2.05, 4.69) is 0 Å². The second-order valence-electron chi connectivity index (χ2n) is 5.05. The van der Waals surface area contributed by atoms with Crippen LogP contribution in [0.3, 0.4) is 0 Å². The maximum absolute atomic E-state index is 12.4. The van der Waals surface area contributed by atoms with Gasteiger partial charge in [-0.15, -0.1) is 0 Å². The molecule has 0 N–H and O–H groups in total. The Hall–Kier alpha value is -0.880. The van der Waals surface area contributed by atoms with Gasteiger partial charge in [-0.3, -0.25) is 0 Å². The first kappa shape index (κ1) is 16.5. The quantitative estimate of drug-likeness (QED) is 0.806. The summed E-state index contributed by atoms with van der Waals surface area (Å²) in [5.41, 5.74) is 0.697. The third-order valence-electron chi connectivity index (χ3n) is 3.52. The minimum absolute atomic E-state index is 0.286. The second-order valence-corrected chi connectivity index (χ2v) is 7.28. The van der Waals surface area contributed by atoms with Gasteiger partial charge in [0.15, 0.2) is 0 Å². The van der Waals surface area contributed by atoms with Crippen molar-refractivity contribution in [1.29, 1.82) is 0 Å². The number of hydrogen-bond acceptors (Lipinski definition) is 3. The second kappa shape index (κ2) is 7.40. The zero-order chi connectivity index (χ0) is 15.3. The molecule has 2 rings (SSSR count). The molecule has 1 aromatic rings. The number of rotatable bonds is 6. The summed E-state index contributed by atoms with van der Waals surface area (Å²) in [6, 6.07) is 7.16. The Morgan fingerprint density at radius 2 is 2.19 bits per heavy atom. The molecule has 0 spiro atoms. The zero-order valence-electron chi connectivity index (χ0n) is 12.0. The molecular weight excluding hydrogens is 310 g/mol. The van der Waals surface area contributed by atoms with Gasteiger partial charge < -0.3 is 4.74 Å². The lowest BCUT2D eigenvalue weighted by atomic mass is 10.1. The summed E-state index contributed by atoms with van der Waals surface area (Å²) in [5, 5.41) is 1.77. The van der Waals surface area contributed by atoms with Gasteiger partial charge in [0.25, 0.3) is 0 Å². The Balaban J connectivity index is 2.10. The highest BCUT2D eigenvalue weighted by molar-refractivity contribution is 7.92. The third-order valence-corrected chi connectivity index (χ3v) is 5.47. The summed E-state index contributed by atoms with van der Waals surface area (Å²) < 4.78 is 31.6. The Bertz CT molecular complexity index is 595. The number of nitrogens with zero attached hydrogens (tertiary/aromatic N) is 1. The van der Waals surface area contributed by atoms with E-state index in [1.54, 1.807) is 18.2 Å². The van der Waals surface area contributed by atoms with Crippen molar-refractivity contribution < 1.29 is 13.2 Å². The van der Waals surface area contributed by atoms with E-state index in [4.69, 9.17) is 16.3 Å². The minimum Gasteiger partial charge on any atom is -0.381 e. The molecule has 1 aliphatic rings. The van der Waals surface area contributed by atoms with E-state index >= 15 is 0 Å². The van der Waals surface area contributed by atoms with Crippen LogP contribution in [-0.2, 0) is 14.8 Å². The average Bonchev–Trinajstić information content (AvgIpc) is 2.97. The van der Waals surface area contributed by atoms with Crippen molar-refractivity contribution in [2.45, 2.75) is 13.3 Å². The molecule has 1 aliphatic heterocycles. The zero-order valence-corrected chi connectivity index (χ0v) is 13.6. The Labute approximate surface area is 131 Å². The van der Waals surface area contributed by atoms with Gasteiger partial charge in [-0.1, -0.05) is 36.7 Å². The lowest BCUT2D eigenvalue weighted by molar-refractivity contribution is 0.181. The van der Waals surface area contributed by atoms with Gasteiger partial charge in [0, 0.05) is 30.1 Å². The molecule has 1 heterocycles.